The van der Waals surface area contributed by atoms with Crippen LogP contribution >= 0.6 is 15.9 Å². The van der Waals surface area contributed by atoms with Gasteiger partial charge in [-0.2, -0.15) is 0 Å². The van der Waals surface area contributed by atoms with Gasteiger partial charge >= 0.3 is 0 Å². The number of benzene rings is 3. The lowest BCUT2D eigenvalue weighted by Crippen LogP contribution is -2.51. The van der Waals surface area contributed by atoms with Crippen molar-refractivity contribution >= 4 is 27.7 Å². The van der Waals surface area contributed by atoms with Crippen LogP contribution in [-0.4, -0.2) is 29.3 Å². The monoisotopic (exact) mass is 524 g/mol. The fourth-order valence-electron chi connectivity index (χ4n) is 3.69. The molecule has 3 aromatic carbocycles. The van der Waals surface area contributed by atoms with Crippen LogP contribution in [-0.2, 0) is 29.0 Å². The molecule has 34 heavy (non-hydrogen) atoms. The summed E-state index contributed by atoms with van der Waals surface area (Å²) < 4.78 is 14.3. The van der Waals surface area contributed by atoms with E-state index in [0.717, 1.165) is 15.6 Å². The summed E-state index contributed by atoms with van der Waals surface area (Å²) in [6.07, 6.45) is 0.477. The van der Waals surface area contributed by atoms with Gasteiger partial charge in [-0.15, -0.1) is 0 Å². The van der Waals surface area contributed by atoms with Crippen LogP contribution in [0.15, 0.2) is 83.3 Å². The minimum absolute atomic E-state index is 0.0804. The Morgan fingerprint density at radius 2 is 1.59 bits per heavy atom. The van der Waals surface area contributed by atoms with Crippen molar-refractivity contribution in [2.24, 2.45) is 5.92 Å². The minimum atomic E-state index is -0.687. The highest BCUT2D eigenvalue weighted by atomic mass is 79.9. The number of nitrogens with zero attached hydrogens (tertiary/aromatic N) is 1. The van der Waals surface area contributed by atoms with Gasteiger partial charge in [-0.25, -0.2) is 4.39 Å². The third-order valence-electron chi connectivity index (χ3n) is 5.47. The highest BCUT2D eigenvalue weighted by molar-refractivity contribution is 9.10. The number of nitrogens with one attached hydrogen (secondary N) is 1. The average Bonchev–Trinajstić information content (AvgIpc) is 2.82. The summed E-state index contributed by atoms with van der Waals surface area (Å²) in [4.78, 5) is 28.6. The van der Waals surface area contributed by atoms with Crippen molar-refractivity contribution in [1.29, 1.82) is 0 Å². The number of hydrogen-bond donors (Lipinski definition) is 1. The Kier molecular flexibility index (Phi) is 9.40. The molecule has 0 aliphatic rings. The average molecular weight is 525 g/mol. The lowest BCUT2D eigenvalue weighted by molar-refractivity contribution is -0.140. The number of halogens is 2. The second-order valence-electron chi connectivity index (χ2n) is 8.80. The van der Waals surface area contributed by atoms with E-state index in [1.807, 2.05) is 68.4 Å². The van der Waals surface area contributed by atoms with Gasteiger partial charge in [0.2, 0.25) is 11.8 Å². The summed E-state index contributed by atoms with van der Waals surface area (Å²) >= 11 is 3.49. The highest BCUT2D eigenvalue weighted by Crippen LogP contribution is 2.19. The zero-order valence-electron chi connectivity index (χ0n) is 19.5. The largest absolute Gasteiger partial charge is 0.354 e. The summed E-state index contributed by atoms with van der Waals surface area (Å²) in [6.45, 7) is 4.88. The van der Waals surface area contributed by atoms with Crippen LogP contribution in [0.2, 0.25) is 0 Å². The summed E-state index contributed by atoms with van der Waals surface area (Å²) in [7, 11) is 0. The number of amides is 2. The smallest absolute Gasteiger partial charge is 0.243 e. The number of rotatable bonds is 10. The van der Waals surface area contributed by atoms with Gasteiger partial charge in [0, 0.05) is 24.0 Å². The maximum absolute atomic E-state index is 13.6. The summed E-state index contributed by atoms with van der Waals surface area (Å²) in [6, 6.07) is 22.6. The van der Waals surface area contributed by atoms with Crippen LogP contribution in [0.25, 0.3) is 0 Å². The second kappa shape index (κ2) is 12.5. The first kappa shape index (κ1) is 25.6. The fourth-order valence-corrected chi connectivity index (χ4v) is 4.13. The summed E-state index contributed by atoms with van der Waals surface area (Å²) in [5.41, 5.74) is 2.59. The van der Waals surface area contributed by atoms with E-state index in [0.29, 0.717) is 18.5 Å². The first-order valence-electron chi connectivity index (χ1n) is 11.4. The molecular weight excluding hydrogens is 495 g/mol. The third-order valence-corrected chi connectivity index (χ3v) is 5.96. The molecule has 0 aliphatic heterocycles. The van der Waals surface area contributed by atoms with Crippen LogP contribution in [0, 0.1) is 11.7 Å². The maximum Gasteiger partial charge on any atom is 0.243 e. The minimum Gasteiger partial charge on any atom is -0.354 e. The van der Waals surface area contributed by atoms with Crippen molar-refractivity contribution in [2.45, 2.75) is 39.3 Å². The second-order valence-corrected chi connectivity index (χ2v) is 9.71. The number of carbonyl (C=O) groups is 2. The van der Waals surface area contributed by atoms with Gasteiger partial charge in [0.25, 0.3) is 0 Å². The van der Waals surface area contributed by atoms with Gasteiger partial charge in [0.1, 0.15) is 11.9 Å². The Bertz CT molecular complexity index is 1090. The molecule has 0 heterocycles. The standard InChI is InChI=1S/C28H30BrFN2O2/c1-20(2)18-31-28(34)26(16-21-7-4-3-5-8-21)32(19-23-9-6-10-24(29)15-23)27(33)17-22-11-13-25(30)14-12-22/h3-15,20,26H,16-19H2,1-2H3,(H,31,34)/t26-/m0/s1. The quantitative estimate of drug-likeness (QED) is 0.378. The van der Waals surface area contributed by atoms with Crippen LogP contribution < -0.4 is 5.32 Å². The van der Waals surface area contributed by atoms with E-state index in [1.165, 1.54) is 12.1 Å². The van der Waals surface area contributed by atoms with Gasteiger partial charge in [0.05, 0.1) is 6.42 Å². The molecule has 0 aliphatic carbocycles. The van der Waals surface area contributed by atoms with Gasteiger partial charge in [-0.05, 0) is 46.9 Å². The number of hydrogen-bond acceptors (Lipinski definition) is 2. The normalized spacial score (nSPS) is 11.8. The van der Waals surface area contributed by atoms with Crippen molar-refractivity contribution in [3.8, 4) is 0 Å². The molecule has 1 atom stereocenters. The third kappa shape index (κ3) is 7.80. The molecule has 3 aromatic rings. The highest BCUT2D eigenvalue weighted by Gasteiger charge is 2.30. The van der Waals surface area contributed by atoms with E-state index in [-0.39, 0.29) is 36.5 Å². The molecule has 0 bridgehead atoms. The first-order valence-corrected chi connectivity index (χ1v) is 12.2. The first-order chi connectivity index (χ1) is 16.3. The number of carbonyl (C=O) groups excluding carboxylic acids is 2. The molecule has 0 aromatic heterocycles. The molecule has 178 valence electrons. The topological polar surface area (TPSA) is 49.4 Å². The Morgan fingerprint density at radius 1 is 0.912 bits per heavy atom. The van der Waals surface area contributed by atoms with E-state index in [4.69, 9.17) is 0 Å². The van der Waals surface area contributed by atoms with E-state index < -0.39 is 6.04 Å². The zero-order chi connectivity index (χ0) is 24.5. The van der Waals surface area contributed by atoms with Gasteiger partial charge in [-0.3, -0.25) is 9.59 Å². The Balaban J connectivity index is 1.94. The predicted octanol–water partition coefficient (Wildman–Crippen LogP) is 5.54. The van der Waals surface area contributed by atoms with Gasteiger partial charge in [-0.1, -0.05) is 84.4 Å². The molecule has 6 heteroatoms. The van der Waals surface area contributed by atoms with E-state index >= 15 is 0 Å². The molecule has 4 nitrogen and oxygen atoms in total. The molecule has 0 saturated carbocycles. The molecule has 3 rings (SSSR count). The molecule has 0 radical (unpaired) electrons. The van der Waals surface area contributed by atoms with Crippen LogP contribution in [0.3, 0.4) is 0 Å². The SMILES string of the molecule is CC(C)CNC(=O)[C@H](Cc1ccccc1)N(Cc1cccc(Br)c1)C(=O)Cc1ccc(F)cc1. The zero-order valence-corrected chi connectivity index (χ0v) is 21.1. The molecule has 1 N–H and O–H groups in total. The van der Waals surface area contributed by atoms with Crippen molar-refractivity contribution in [3.63, 3.8) is 0 Å². The maximum atomic E-state index is 13.6. The molecule has 0 unspecified atom stereocenters. The lowest BCUT2D eigenvalue weighted by atomic mass is 10.0. The molecule has 0 saturated heterocycles. The predicted molar refractivity (Wildman–Crippen MR) is 137 cm³/mol. The van der Waals surface area contributed by atoms with E-state index in [1.54, 1.807) is 17.0 Å². The Morgan fingerprint density at radius 3 is 2.24 bits per heavy atom. The van der Waals surface area contributed by atoms with Crippen LogP contribution in [0.5, 0.6) is 0 Å². The van der Waals surface area contributed by atoms with Crippen molar-refractivity contribution in [2.75, 3.05) is 6.54 Å². The van der Waals surface area contributed by atoms with Gasteiger partial charge < -0.3 is 10.2 Å². The van der Waals surface area contributed by atoms with E-state index in [9.17, 15) is 14.0 Å². The molecule has 0 fully saturated rings. The molecule has 0 spiro atoms. The van der Waals surface area contributed by atoms with Crippen molar-refractivity contribution in [1.82, 2.24) is 10.2 Å². The van der Waals surface area contributed by atoms with E-state index in [2.05, 4.69) is 21.2 Å². The van der Waals surface area contributed by atoms with Crippen molar-refractivity contribution in [3.05, 3.63) is 106 Å². The van der Waals surface area contributed by atoms with Crippen LogP contribution in [0.4, 0.5) is 4.39 Å². The molecule has 2 amide bonds. The van der Waals surface area contributed by atoms with Crippen LogP contribution in [0.1, 0.15) is 30.5 Å². The molecular formula is C28H30BrFN2O2. The Labute approximate surface area is 209 Å². The Hall–Kier alpha value is -2.99. The lowest BCUT2D eigenvalue weighted by Gasteiger charge is -2.32. The summed E-state index contributed by atoms with van der Waals surface area (Å²) in [5, 5.41) is 3.01. The van der Waals surface area contributed by atoms with Gasteiger partial charge in [0.15, 0.2) is 0 Å². The summed E-state index contributed by atoms with van der Waals surface area (Å²) in [5.74, 6) is -0.431. The van der Waals surface area contributed by atoms with Crippen molar-refractivity contribution < 1.29 is 14.0 Å². The fraction of sp³-hybridized carbons (Fsp3) is 0.286.